The molecule has 0 radical (unpaired) electrons. The third-order valence-electron chi connectivity index (χ3n) is 3.25. The molecule has 110 valence electrons. The number of nitrogens with zero attached hydrogens (tertiary/aromatic N) is 2. The van der Waals surface area contributed by atoms with Crippen molar-refractivity contribution in [1.82, 2.24) is 15.1 Å². The SMILES string of the molecule is CCNC(CC)c1c(C)nn(CCC(F)(F)F)c1C. The number of aromatic nitrogens is 2. The van der Waals surface area contributed by atoms with Gasteiger partial charge in [0.05, 0.1) is 12.1 Å². The van der Waals surface area contributed by atoms with Gasteiger partial charge in [0.1, 0.15) is 0 Å². The van der Waals surface area contributed by atoms with Crippen LogP contribution in [-0.4, -0.2) is 22.5 Å². The maximum atomic E-state index is 12.3. The third-order valence-corrected chi connectivity index (χ3v) is 3.25. The highest BCUT2D eigenvalue weighted by Crippen LogP contribution is 2.26. The van der Waals surface area contributed by atoms with Crippen LogP contribution in [0.3, 0.4) is 0 Å². The van der Waals surface area contributed by atoms with Gasteiger partial charge < -0.3 is 5.32 Å². The van der Waals surface area contributed by atoms with Crippen LogP contribution in [0.2, 0.25) is 0 Å². The average Bonchev–Trinajstić information content (AvgIpc) is 2.59. The molecule has 0 amide bonds. The smallest absolute Gasteiger partial charge is 0.310 e. The van der Waals surface area contributed by atoms with Gasteiger partial charge in [0.15, 0.2) is 0 Å². The van der Waals surface area contributed by atoms with Gasteiger partial charge in [0.2, 0.25) is 0 Å². The zero-order chi connectivity index (χ0) is 14.6. The molecule has 0 fully saturated rings. The first-order chi connectivity index (χ1) is 8.80. The Morgan fingerprint density at radius 3 is 2.37 bits per heavy atom. The molecule has 1 atom stereocenters. The number of hydrogen-bond donors (Lipinski definition) is 1. The molecule has 0 saturated heterocycles. The van der Waals surface area contributed by atoms with Crippen molar-refractivity contribution in [3.8, 4) is 0 Å². The summed E-state index contributed by atoms with van der Waals surface area (Å²) >= 11 is 0. The second kappa shape index (κ2) is 6.41. The van der Waals surface area contributed by atoms with Gasteiger partial charge in [-0.3, -0.25) is 4.68 Å². The summed E-state index contributed by atoms with van der Waals surface area (Å²) in [6, 6.07) is 0.157. The quantitative estimate of drug-likeness (QED) is 0.862. The normalized spacial score (nSPS) is 13.8. The molecule has 6 heteroatoms. The van der Waals surface area contributed by atoms with Gasteiger partial charge in [-0.15, -0.1) is 0 Å². The van der Waals surface area contributed by atoms with E-state index in [9.17, 15) is 13.2 Å². The van der Waals surface area contributed by atoms with Gasteiger partial charge in [-0.05, 0) is 26.8 Å². The van der Waals surface area contributed by atoms with Crippen molar-refractivity contribution < 1.29 is 13.2 Å². The lowest BCUT2D eigenvalue weighted by molar-refractivity contribution is -0.137. The lowest BCUT2D eigenvalue weighted by Crippen LogP contribution is -2.21. The first-order valence-electron chi connectivity index (χ1n) is 6.64. The van der Waals surface area contributed by atoms with Crippen molar-refractivity contribution in [2.75, 3.05) is 6.54 Å². The van der Waals surface area contributed by atoms with E-state index in [1.54, 1.807) is 0 Å². The molecular weight excluding hydrogens is 255 g/mol. The molecule has 0 saturated carbocycles. The van der Waals surface area contributed by atoms with Gasteiger partial charge in [0.25, 0.3) is 0 Å². The van der Waals surface area contributed by atoms with Crippen LogP contribution in [0.25, 0.3) is 0 Å². The molecule has 1 aromatic rings. The van der Waals surface area contributed by atoms with Crippen molar-refractivity contribution in [3.63, 3.8) is 0 Å². The van der Waals surface area contributed by atoms with Crippen molar-refractivity contribution in [2.45, 2.75) is 59.3 Å². The predicted octanol–water partition coefficient (Wildman–Crippen LogP) is 3.51. The number of rotatable bonds is 6. The monoisotopic (exact) mass is 277 g/mol. The highest BCUT2D eigenvalue weighted by Gasteiger charge is 2.28. The van der Waals surface area contributed by atoms with Crippen LogP contribution in [0, 0.1) is 13.8 Å². The number of alkyl halides is 3. The number of nitrogens with one attached hydrogen (secondary N) is 1. The Kier molecular flexibility index (Phi) is 5.40. The predicted molar refractivity (Wildman–Crippen MR) is 69.1 cm³/mol. The second-order valence-electron chi connectivity index (χ2n) is 4.69. The fraction of sp³-hybridized carbons (Fsp3) is 0.769. The van der Waals surface area contributed by atoms with E-state index in [1.165, 1.54) is 4.68 Å². The van der Waals surface area contributed by atoms with Gasteiger partial charge in [-0.25, -0.2) is 0 Å². The lowest BCUT2D eigenvalue weighted by Gasteiger charge is -2.17. The van der Waals surface area contributed by atoms with Crippen LogP contribution in [0.1, 0.15) is 49.7 Å². The van der Waals surface area contributed by atoms with E-state index in [2.05, 4.69) is 17.3 Å². The highest BCUT2D eigenvalue weighted by atomic mass is 19.4. The molecule has 1 aromatic heterocycles. The highest BCUT2D eigenvalue weighted by molar-refractivity contribution is 5.28. The summed E-state index contributed by atoms with van der Waals surface area (Å²) in [6.45, 7) is 8.47. The van der Waals surface area contributed by atoms with Crippen LogP contribution in [0.5, 0.6) is 0 Å². The molecular formula is C13H22F3N3. The molecule has 0 spiro atoms. The summed E-state index contributed by atoms with van der Waals surface area (Å²) < 4.78 is 38.3. The van der Waals surface area contributed by atoms with Gasteiger partial charge >= 0.3 is 6.18 Å². The Balaban J connectivity index is 2.93. The van der Waals surface area contributed by atoms with E-state index in [1.807, 2.05) is 20.8 Å². The van der Waals surface area contributed by atoms with Gasteiger partial charge in [-0.1, -0.05) is 13.8 Å². The fourth-order valence-corrected chi connectivity index (χ4v) is 2.36. The molecule has 19 heavy (non-hydrogen) atoms. The van der Waals surface area contributed by atoms with E-state index < -0.39 is 12.6 Å². The number of hydrogen-bond acceptors (Lipinski definition) is 2. The van der Waals surface area contributed by atoms with Crippen LogP contribution in [0.15, 0.2) is 0 Å². The van der Waals surface area contributed by atoms with Crippen molar-refractivity contribution in [2.24, 2.45) is 0 Å². The van der Waals surface area contributed by atoms with E-state index in [4.69, 9.17) is 0 Å². The van der Waals surface area contributed by atoms with E-state index in [0.29, 0.717) is 0 Å². The molecule has 1 unspecified atom stereocenters. The van der Waals surface area contributed by atoms with Crippen LogP contribution in [-0.2, 0) is 6.54 Å². The largest absolute Gasteiger partial charge is 0.390 e. The van der Waals surface area contributed by atoms with Crippen LogP contribution in [0.4, 0.5) is 13.2 Å². The molecule has 1 N–H and O–H groups in total. The standard InChI is InChI=1S/C13H22F3N3/c1-5-11(17-6-2)12-9(3)18-19(10(12)4)8-7-13(14,15)16/h11,17H,5-8H2,1-4H3. The zero-order valence-corrected chi connectivity index (χ0v) is 11.9. The van der Waals surface area contributed by atoms with Crippen LogP contribution >= 0.6 is 0 Å². The Bertz CT molecular complexity index is 410. The molecule has 0 aliphatic carbocycles. The molecule has 1 rings (SSSR count). The van der Waals surface area contributed by atoms with E-state index in [-0.39, 0.29) is 12.6 Å². The topological polar surface area (TPSA) is 29.9 Å². The first kappa shape index (κ1) is 16.0. The Labute approximate surface area is 112 Å². The Morgan fingerprint density at radius 2 is 1.89 bits per heavy atom. The summed E-state index contributed by atoms with van der Waals surface area (Å²) in [5, 5.41) is 7.58. The minimum Gasteiger partial charge on any atom is -0.310 e. The van der Waals surface area contributed by atoms with Gasteiger partial charge in [0, 0.05) is 23.8 Å². The van der Waals surface area contributed by atoms with E-state index in [0.717, 1.165) is 29.9 Å². The molecule has 3 nitrogen and oxygen atoms in total. The van der Waals surface area contributed by atoms with Crippen molar-refractivity contribution in [3.05, 3.63) is 17.0 Å². The van der Waals surface area contributed by atoms with E-state index >= 15 is 0 Å². The van der Waals surface area contributed by atoms with Gasteiger partial charge in [-0.2, -0.15) is 18.3 Å². The molecule has 0 aromatic carbocycles. The summed E-state index contributed by atoms with van der Waals surface area (Å²) in [6.07, 6.45) is -4.09. The molecule has 1 heterocycles. The summed E-state index contributed by atoms with van der Waals surface area (Å²) in [7, 11) is 0. The Morgan fingerprint density at radius 1 is 1.26 bits per heavy atom. The van der Waals surface area contributed by atoms with Crippen molar-refractivity contribution >= 4 is 0 Å². The minimum absolute atomic E-state index is 0.112. The second-order valence-corrected chi connectivity index (χ2v) is 4.69. The summed E-state index contributed by atoms with van der Waals surface area (Å²) in [4.78, 5) is 0. The summed E-state index contributed by atoms with van der Waals surface area (Å²) in [5.41, 5.74) is 2.67. The maximum absolute atomic E-state index is 12.3. The lowest BCUT2D eigenvalue weighted by atomic mass is 10.0. The number of aryl methyl sites for hydroxylation is 2. The number of halogens is 3. The molecule has 0 bridgehead atoms. The van der Waals surface area contributed by atoms with Crippen LogP contribution < -0.4 is 5.32 Å². The molecule has 0 aliphatic rings. The zero-order valence-electron chi connectivity index (χ0n) is 11.9. The maximum Gasteiger partial charge on any atom is 0.390 e. The molecule has 0 aliphatic heterocycles. The fourth-order valence-electron chi connectivity index (χ4n) is 2.36. The summed E-state index contributed by atoms with van der Waals surface area (Å²) in [5.74, 6) is 0. The average molecular weight is 277 g/mol. The third kappa shape index (κ3) is 4.23. The Hall–Kier alpha value is -1.04. The first-order valence-corrected chi connectivity index (χ1v) is 6.64. The van der Waals surface area contributed by atoms with Crippen molar-refractivity contribution in [1.29, 1.82) is 0 Å². The minimum atomic E-state index is -4.14.